The van der Waals surface area contributed by atoms with Crippen LogP contribution in [0.3, 0.4) is 0 Å². The zero-order chi connectivity index (χ0) is 24.7. The first kappa shape index (κ1) is 25.6. The molecule has 1 atom stereocenters. The monoisotopic (exact) mass is 483 g/mol. The van der Waals surface area contributed by atoms with E-state index in [9.17, 15) is 9.59 Å². The van der Waals surface area contributed by atoms with Gasteiger partial charge >= 0.3 is 12.1 Å². The molecule has 4 N–H and O–H groups in total. The Hall–Kier alpha value is -2.97. The van der Waals surface area contributed by atoms with Crippen LogP contribution in [0, 0.1) is 0 Å². The zero-order valence-electron chi connectivity index (χ0n) is 20.0. The molecule has 0 spiro atoms. The van der Waals surface area contributed by atoms with Crippen molar-refractivity contribution in [3.8, 4) is 11.1 Å². The fourth-order valence-electron chi connectivity index (χ4n) is 3.86. The molecule has 0 aromatic heterocycles. The number of unbranched alkanes of at least 4 members (excludes halogenated alkanes) is 1. The molecule has 2 aromatic carbocycles. The molecule has 1 aliphatic carbocycles. The summed E-state index contributed by atoms with van der Waals surface area (Å²) in [6, 6.07) is 13.8. The summed E-state index contributed by atoms with van der Waals surface area (Å²) in [7, 11) is 0. The van der Waals surface area contributed by atoms with E-state index in [-0.39, 0.29) is 11.7 Å². The van der Waals surface area contributed by atoms with Crippen LogP contribution in [0.25, 0.3) is 11.1 Å². The molecule has 0 fully saturated rings. The van der Waals surface area contributed by atoms with Gasteiger partial charge in [0.2, 0.25) is 0 Å². The van der Waals surface area contributed by atoms with E-state index in [2.05, 4.69) is 28.8 Å². The van der Waals surface area contributed by atoms with Gasteiger partial charge in [-0.05, 0) is 86.5 Å². The number of amides is 1. The Morgan fingerprint density at radius 1 is 1.09 bits per heavy atom. The van der Waals surface area contributed by atoms with Gasteiger partial charge < -0.3 is 20.5 Å². The molecular formula is C26H33N3O4S. The standard InChI is InChI=1S/C26H33N3O4S/c1-26(2,3)33-25(31)29-24(34)28-14-7-6-13-22(27)23(30)32-16-18-10-8-12-20-19-11-5-4-9-17(19)15-21(18)20/h4-5,8-12,22H,6-7,13-16,27H2,1-3H3,(H2,28,29,31,34). The molecule has 1 unspecified atom stereocenters. The van der Waals surface area contributed by atoms with Crippen molar-refractivity contribution in [3.63, 3.8) is 0 Å². The number of nitrogens with one attached hydrogen (secondary N) is 2. The highest BCUT2D eigenvalue weighted by atomic mass is 32.1. The molecule has 3 rings (SSSR count). The van der Waals surface area contributed by atoms with Gasteiger partial charge in [-0.2, -0.15) is 0 Å². The van der Waals surface area contributed by atoms with Crippen molar-refractivity contribution in [3.05, 3.63) is 59.2 Å². The van der Waals surface area contributed by atoms with Gasteiger partial charge in [-0.3, -0.25) is 10.1 Å². The van der Waals surface area contributed by atoms with Crippen LogP contribution in [0.5, 0.6) is 0 Å². The Balaban J connectivity index is 1.35. The molecule has 2 aromatic rings. The Morgan fingerprint density at radius 3 is 2.59 bits per heavy atom. The minimum absolute atomic E-state index is 0.204. The van der Waals surface area contributed by atoms with Crippen LogP contribution in [-0.4, -0.2) is 35.4 Å². The predicted octanol–water partition coefficient (Wildman–Crippen LogP) is 4.20. The van der Waals surface area contributed by atoms with E-state index < -0.39 is 23.7 Å². The number of carbonyl (C=O) groups is 2. The topological polar surface area (TPSA) is 103 Å². The summed E-state index contributed by atoms with van der Waals surface area (Å²) >= 11 is 5.08. The first-order chi connectivity index (χ1) is 16.1. The SMILES string of the molecule is CC(C)(C)OC(=O)NC(=S)NCCCCC(N)C(=O)OCc1cccc2c1Cc1ccccc1-2. The fraction of sp³-hybridized carbons (Fsp3) is 0.423. The Kier molecular flexibility index (Phi) is 8.63. The van der Waals surface area contributed by atoms with Crippen molar-refractivity contribution in [2.75, 3.05) is 6.54 Å². The summed E-state index contributed by atoms with van der Waals surface area (Å²) in [4.78, 5) is 24.1. The van der Waals surface area contributed by atoms with Crippen LogP contribution >= 0.6 is 12.2 Å². The summed E-state index contributed by atoms with van der Waals surface area (Å²) in [6.45, 7) is 6.11. The molecule has 182 valence electrons. The average Bonchev–Trinajstić information content (AvgIpc) is 3.15. The number of alkyl carbamates (subject to hydrolysis) is 1. The second-order valence-corrected chi connectivity index (χ2v) is 9.78. The number of rotatable bonds is 8. The van der Waals surface area contributed by atoms with E-state index >= 15 is 0 Å². The van der Waals surface area contributed by atoms with Crippen molar-refractivity contribution >= 4 is 29.4 Å². The zero-order valence-corrected chi connectivity index (χ0v) is 20.8. The molecule has 1 amide bonds. The van der Waals surface area contributed by atoms with Crippen LogP contribution < -0.4 is 16.4 Å². The number of carbonyl (C=O) groups excluding carboxylic acids is 2. The third-order valence-electron chi connectivity index (χ3n) is 5.46. The molecule has 0 bridgehead atoms. The van der Waals surface area contributed by atoms with E-state index in [4.69, 9.17) is 27.4 Å². The smallest absolute Gasteiger partial charge is 0.413 e. The number of fused-ring (bicyclic) bond motifs is 3. The maximum absolute atomic E-state index is 12.4. The van der Waals surface area contributed by atoms with Crippen molar-refractivity contribution in [1.29, 1.82) is 0 Å². The predicted molar refractivity (Wildman–Crippen MR) is 136 cm³/mol. The number of hydrogen-bond donors (Lipinski definition) is 3. The summed E-state index contributed by atoms with van der Waals surface area (Å²) in [5.41, 5.74) is 11.4. The number of nitrogens with two attached hydrogens (primary N) is 1. The highest BCUT2D eigenvalue weighted by molar-refractivity contribution is 7.80. The number of ether oxygens (including phenoxy) is 2. The van der Waals surface area contributed by atoms with Crippen molar-refractivity contribution in [2.24, 2.45) is 5.73 Å². The highest BCUT2D eigenvalue weighted by Crippen LogP contribution is 2.38. The van der Waals surface area contributed by atoms with Crippen LogP contribution in [-0.2, 0) is 27.3 Å². The van der Waals surface area contributed by atoms with E-state index in [0.717, 1.165) is 18.4 Å². The molecule has 0 heterocycles. The van der Waals surface area contributed by atoms with E-state index in [1.165, 1.54) is 22.3 Å². The summed E-state index contributed by atoms with van der Waals surface area (Å²) in [5.74, 6) is -0.400. The van der Waals surface area contributed by atoms with Crippen LogP contribution in [0.1, 0.15) is 56.7 Å². The highest BCUT2D eigenvalue weighted by Gasteiger charge is 2.22. The van der Waals surface area contributed by atoms with Gasteiger partial charge in [-0.25, -0.2) is 4.79 Å². The summed E-state index contributed by atoms with van der Waals surface area (Å²) in [5, 5.41) is 5.62. The second kappa shape index (κ2) is 11.4. The lowest BCUT2D eigenvalue weighted by Crippen LogP contribution is -2.42. The van der Waals surface area contributed by atoms with Crippen molar-refractivity contribution < 1.29 is 19.1 Å². The van der Waals surface area contributed by atoms with Gasteiger partial charge in [0.1, 0.15) is 18.2 Å². The minimum atomic E-state index is -0.680. The molecule has 0 aliphatic heterocycles. The average molecular weight is 484 g/mol. The van der Waals surface area contributed by atoms with Crippen molar-refractivity contribution in [2.45, 2.75) is 64.7 Å². The lowest BCUT2D eigenvalue weighted by molar-refractivity contribution is -0.146. The quantitative estimate of drug-likeness (QED) is 0.251. The number of thiocarbonyl (C=S) groups is 1. The molecule has 34 heavy (non-hydrogen) atoms. The lowest BCUT2D eigenvalue weighted by Gasteiger charge is -2.20. The normalized spacial score (nSPS) is 12.8. The Morgan fingerprint density at radius 2 is 1.82 bits per heavy atom. The Labute approximate surface area is 206 Å². The van der Waals surface area contributed by atoms with Crippen LogP contribution in [0.2, 0.25) is 0 Å². The summed E-state index contributed by atoms with van der Waals surface area (Å²) in [6.07, 6.45) is 2.21. The first-order valence-corrected chi connectivity index (χ1v) is 11.9. The third-order valence-corrected chi connectivity index (χ3v) is 5.71. The number of benzene rings is 2. The largest absolute Gasteiger partial charge is 0.460 e. The van der Waals surface area contributed by atoms with E-state index in [1.807, 2.05) is 24.3 Å². The summed E-state index contributed by atoms with van der Waals surface area (Å²) < 4.78 is 10.7. The van der Waals surface area contributed by atoms with Crippen molar-refractivity contribution in [1.82, 2.24) is 10.6 Å². The molecule has 8 heteroatoms. The molecule has 0 radical (unpaired) electrons. The van der Waals surface area contributed by atoms with Crippen LogP contribution in [0.15, 0.2) is 42.5 Å². The van der Waals surface area contributed by atoms with Gasteiger partial charge in [-0.1, -0.05) is 42.5 Å². The first-order valence-electron chi connectivity index (χ1n) is 11.5. The minimum Gasteiger partial charge on any atom is -0.460 e. The van der Waals surface area contributed by atoms with E-state index in [0.29, 0.717) is 19.4 Å². The third kappa shape index (κ3) is 7.27. The van der Waals surface area contributed by atoms with Gasteiger partial charge in [0.25, 0.3) is 0 Å². The van der Waals surface area contributed by atoms with Gasteiger partial charge in [0, 0.05) is 6.54 Å². The number of esters is 1. The van der Waals surface area contributed by atoms with Crippen LogP contribution in [0.4, 0.5) is 4.79 Å². The fourth-order valence-corrected chi connectivity index (χ4v) is 4.05. The Bertz CT molecular complexity index is 1050. The van der Waals surface area contributed by atoms with Gasteiger partial charge in [0.15, 0.2) is 5.11 Å². The van der Waals surface area contributed by atoms with Gasteiger partial charge in [-0.15, -0.1) is 0 Å². The maximum Gasteiger partial charge on any atom is 0.413 e. The molecule has 0 saturated heterocycles. The molecule has 1 aliphatic rings. The molecular weight excluding hydrogens is 450 g/mol. The van der Waals surface area contributed by atoms with Gasteiger partial charge in [0.05, 0.1) is 0 Å². The lowest BCUT2D eigenvalue weighted by atomic mass is 10.0. The molecule has 7 nitrogen and oxygen atoms in total. The van der Waals surface area contributed by atoms with E-state index in [1.54, 1.807) is 20.8 Å². The second-order valence-electron chi connectivity index (χ2n) is 9.37. The molecule has 0 saturated carbocycles. The number of hydrogen-bond acceptors (Lipinski definition) is 6. The maximum atomic E-state index is 12.4.